The second-order valence-electron chi connectivity index (χ2n) is 23.4. The Balaban J connectivity index is 4.31. The van der Waals surface area contributed by atoms with Gasteiger partial charge in [0.15, 0.2) is 6.10 Å². The fourth-order valence-electron chi connectivity index (χ4n) is 10.0. The van der Waals surface area contributed by atoms with Gasteiger partial charge in [0.1, 0.15) is 13.2 Å². The van der Waals surface area contributed by atoms with E-state index in [2.05, 4.69) is 118 Å². The lowest BCUT2D eigenvalue weighted by atomic mass is 10.0. The van der Waals surface area contributed by atoms with Gasteiger partial charge in [-0.25, -0.2) is 0 Å². The van der Waals surface area contributed by atoms with Gasteiger partial charge in [-0.05, 0) is 122 Å². The molecule has 1 atom stereocenters. The third kappa shape index (κ3) is 67.1. The first-order valence-electron chi connectivity index (χ1n) is 35.2. The van der Waals surface area contributed by atoms with E-state index in [0.717, 1.165) is 109 Å². The van der Waals surface area contributed by atoms with E-state index in [-0.39, 0.29) is 31.1 Å². The van der Waals surface area contributed by atoms with E-state index in [0.29, 0.717) is 19.3 Å². The maximum absolute atomic E-state index is 13.0. The molecular formula is C76H132O6. The smallest absolute Gasteiger partial charge is 0.306 e. The topological polar surface area (TPSA) is 78.9 Å². The van der Waals surface area contributed by atoms with Crippen LogP contribution in [-0.4, -0.2) is 37.2 Å². The molecule has 1 unspecified atom stereocenters. The molecule has 0 aliphatic carbocycles. The number of esters is 3. The maximum Gasteiger partial charge on any atom is 0.306 e. The second-order valence-corrected chi connectivity index (χ2v) is 23.4. The summed E-state index contributed by atoms with van der Waals surface area (Å²) < 4.78 is 17.0. The highest BCUT2D eigenvalue weighted by atomic mass is 16.6. The number of hydrogen-bond donors (Lipinski definition) is 0. The molecule has 472 valence electrons. The van der Waals surface area contributed by atoms with Crippen molar-refractivity contribution in [2.75, 3.05) is 13.2 Å². The standard InChI is InChI=1S/C76H132O6/c1-4-7-10-13-16-19-22-25-28-30-32-34-36-37-38-39-41-42-44-46-48-51-54-57-60-63-66-69-75(78)81-72-73(71-80-74(77)68-65-62-59-56-53-50-27-24-21-18-15-12-9-6-3)82-76(79)70-67-64-61-58-55-52-49-47-45-43-40-35-33-31-29-26-23-20-17-14-11-8-5-2/h7,10,16,19,23-28,31-34,40,43,73H,4-6,8-9,11-15,17-18,20-22,29-30,35-39,41-42,44-72H2,1-3H3/b10-7-,19-16-,26-23-,27-24-,28-25-,33-31-,34-32-,43-40-. The van der Waals surface area contributed by atoms with Gasteiger partial charge >= 0.3 is 17.9 Å². The Kier molecular flexibility index (Phi) is 66.7. The van der Waals surface area contributed by atoms with Crippen molar-refractivity contribution in [1.29, 1.82) is 0 Å². The Bertz CT molecular complexity index is 1590. The van der Waals surface area contributed by atoms with Crippen LogP contribution in [0.3, 0.4) is 0 Å². The lowest BCUT2D eigenvalue weighted by Gasteiger charge is -2.18. The van der Waals surface area contributed by atoms with Crippen molar-refractivity contribution in [1.82, 2.24) is 0 Å². The number of allylic oxidation sites excluding steroid dienone is 16. The molecule has 0 aliphatic rings. The number of carbonyl (C=O) groups excluding carboxylic acids is 3. The predicted octanol–water partition coefficient (Wildman–Crippen LogP) is 24.4. The normalized spacial score (nSPS) is 12.7. The van der Waals surface area contributed by atoms with E-state index in [4.69, 9.17) is 14.2 Å². The minimum Gasteiger partial charge on any atom is -0.462 e. The van der Waals surface area contributed by atoms with Crippen molar-refractivity contribution in [3.05, 3.63) is 97.2 Å². The summed E-state index contributed by atoms with van der Waals surface area (Å²) in [6, 6.07) is 0. The monoisotopic (exact) mass is 1140 g/mol. The Morgan fingerprint density at radius 2 is 0.476 bits per heavy atom. The quantitative estimate of drug-likeness (QED) is 0.0261. The van der Waals surface area contributed by atoms with Crippen LogP contribution in [0.5, 0.6) is 0 Å². The van der Waals surface area contributed by atoms with Crippen LogP contribution in [0.2, 0.25) is 0 Å². The number of hydrogen-bond acceptors (Lipinski definition) is 6. The fourth-order valence-corrected chi connectivity index (χ4v) is 10.0. The summed E-state index contributed by atoms with van der Waals surface area (Å²) in [5, 5.41) is 0. The van der Waals surface area contributed by atoms with Gasteiger partial charge in [-0.1, -0.05) is 304 Å². The number of carbonyl (C=O) groups is 3. The van der Waals surface area contributed by atoms with E-state index in [1.165, 1.54) is 199 Å². The maximum atomic E-state index is 13.0. The molecule has 0 radical (unpaired) electrons. The third-order valence-corrected chi connectivity index (χ3v) is 15.3. The Morgan fingerprint density at radius 3 is 0.756 bits per heavy atom. The Hall–Kier alpha value is -3.67. The molecule has 6 nitrogen and oxygen atoms in total. The lowest BCUT2D eigenvalue weighted by Crippen LogP contribution is -2.30. The molecule has 0 rings (SSSR count). The number of unbranched alkanes of at least 4 members (excludes halogenated alkanes) is 37. The fraction of sp³-hybridized carbons (Fsp3) is 0.750. The first-order chi connectivity index (χ1) is 40.5. The van der Waals surface area contributed by atoms with Gasteiger partial charge < -0.3 is 14.2 Å². The summed E-state index contributed by atoms with van der Waals surface area (Å²) >= 11 is 0. The summed E-state index contributed by atoms with van der Waals surface area (Å²) in [4.78, 5) is 38.4. The SMILES string of the molecule is CC/C=C\C/C=C\C/C=C\C/C=C\CCCCCCCCCCCCCCCCC(=O)OCC(COC(=O)CCCCCCC/C=C\CCCCCCC)OC(=O)CCCCCCCCCC/C=C\C/C=C\C/C=C\CCCCCCC. The Morgan fingerprint density at radius 1 is 0.256 bits per heavy atom. The first-order valence-corrected chi connectivity index (χ1v) is 35.2. The highest BCUT2D eigenvalue weighted by Gasteiger charge is 2.19. The molecule has 0 saturated carbocycles. The van der Waals surface area contributed by atoms with Crippen LogP contribution >= 0.6 is 0 Å². The second kappa shape index (κ2) is 69.8. The van der Waals surface area contributed by atoms with Crippen molar-refractivity contribution >= 4 is 17.9 Å². The number of rotatable bonds is 64. The third-order valence-electron chi connectivity index (χ3n) is 15.3. The van der Waals surface area contributed by atoms with Crippen molar-refractivity contribution in [3.8, 4) is 0 Å². The molecule has 0 N–H and O–H groups in total. The average molecular weight is 1140 g/mol. The molecule has 0 aromatic heterocycles. The predicted molar refractivity (Wildman–Crippen MR) is 357 cm³/mol. The van der Waals surface area contributed by atoms with Gasteiger partial charge in [-0.3, -0.25) is 14.4 Å². The Labute approximate surface area is 508 Å². The van der Waals surface area contributed by atoms with E-state index in [9.17, 15) is 14.4 Å². The van der Waals surface area contributed by atoms with E-state index in [1.54, 1.807) is 0 Å². The van der Waals surface area contributed by atoms with Gasteiger partial charge in [0.05, 0.1) is 0 Å². The molecule has 0 amide bonds. The zero-order valence-corrected chi connectivity index (χ0v) is 54.2. The van der Waals surface area contributed by atoms with Crippen LogP contribution in [0.4, 0.5) is 0 Å². The molecule has 0 heterocycles. The van der Waals surface area contributed by atoms with Crippen molar-refractivity contribution in [2.24, 2.45) is 0 Å². The van der Waals surface area contributed by atoms with Crippen LogP contribution in [0.15, 0.2) is 97.2 Å². The lowest BCUT2D eigenvalue weighted by molar-refractivity contribution is -0.167. The molecule has 6 heteroatoms. The van der Waals surface area contributed by atoms with Gasteiger partial charge in [0, 0.05) is 19.3 Å². The highest BCUT2D eigenvalue weighted by molar-refractivity contribution is 5.71. The van der Waals surface area contributed by atoms with Gasteiger partial charge in [0.25, 0.3) is 0 Å². The molecule has 0 aliphatic heterocycles. The summed E-state index contributed by atoms with van der Waals surface area (Å²) in [7, 11) is 0. The summed E-state index contributed by atoms with van der Waals surface area (Å²) in [5.74, 6) is -0.883. The van der Waals surface area contributed by atoms with Gasteiger partial charge in [0.2, 0.25) is 0 Å². The molecule has 82 heavy (non-hydrogen) atoms. The van der Waals surface area contributed by atoms with Gasteiger partial charge in [-0.15, -0.1) is 0 Å². The molecule has 0 spiro atoms. The minimum atomic E-state index is -0.787. The molecule has 0 aromatic carbocycles. The molecule has 0 saturated heterocycles. The van der Waals surface area contributed by atoms with E-state index in [1.807, 2.05) is 0 Å². The first kappa shape index (κ1) is 78.3. The minimum absolute atomic E-state index is 0.0815. The molecule has 0 fully saturated rings. The highest BCUT2D eigenvalue weighted by Crippen LogP contribution is 2.17. The van der Waals surface area contributed by atoms with Crippen molar-refractivity contribution < 1.29 is 28.6 Å². The van der Waals surface area contributed by atoms with Crippen LogP contribution in [0, 0.1) is 0 Å². The van der Waals surface area contributed by atoms with Gasteiger partial charge in [-0.2, -0.15) is 0 Å². The molecule has 0 bridgehead atoms. The molecule has 0 aromatic rings. The zero-order chi connectivity index (χ0) is 59.2. The summed E-state index contributed by atoms with van der Waals surface area (Å²) in [6.45, 7) is 6.53. The van der Waals surface area contributed by atoms with E-state index < -0.39 is 6.10 Å². The largest absolute Gasteiger partial charge is 0.462 e. The van der Waals surface area contributed by atoms with E-state index >= 15 is 0 Å². The summed E-state index contributed by atoms with van der Waals surface area (Å²) in [5.41, 5.74) is 0. The van der Waals surface area contributed by atoms with Crippen LogP contribution < -0.4 is 0 Å². The van der Waals surface area contributed by atoms with Crippen LogP contribution in [0.1, 0.15) is 348 Å². The zero-order valence-electron chi connectivity index (χ0n) is 54.2. The van der Waals surface area contributed by atoms with Crippen molar-refractivity contribution in [3.63, 3.8) is 0 Å². The number of ether oxygens (including phenoxy) is 3. The molecular weight excluding hydrogens is 1010 g/mol. The van der Waals surface area contributed by atoms with Crippen molar-refractivity contribution in [2.45, 2.75) is 354 Å². The van der Waals surface area contributed by atoms with Crippen LogP contribution in [0.25, 0.3) is 0 Å². The van der Waals surface area contributed by atoms with Crippen LogP contribution in [-0.2, 0) is 28.6 Å². The average Bonchev–Trinajstić information content (AvgIpc) is 3.48. The summed E-state index contributed by atoms with van der Waals surface area (Å²) in [6.07, 6.45) is 94.3.